The zero-order valence-corrected chi connectivity index (χ0v) is 18.5. The lowest BCUT2D eigenvalue weighted by Gasteiger charge is -2.20. The van der Waals surface area contributed by atoms with E-state index < -0.39 is 24.0 Å². The van der Waals surface area contributed by atoms with Crippen LogP contribution < -0.4 is 5.32 Å². The van der Waals surface area contributed by atoms with Gasteiger partial charge in [-0.25, -0.2) is 9.59 Å². The van der Waals surface area contributed by atoms with Crippen LogP contribution >= 0.6 is 0 Å². The van der Waals surface area contributed by atoms with Crippen molar-refractivity contribution >= 4 is 23.8 Å². The van der Waals surface area contributed by atoms with Crippen molar-refractivity contribution < 1.29 is 24.2 Å². The molecule has 0 fully saturated rings. The fourth-order valence-corrected chi connectivity index (χ4v) is 3.95. The number of fused-ring (bicyclic) bond motifs is 3. The van der Waals surface area contributed by atoms with Crippen molar-refractivity contribution in [2.24, 2.45) is 7.05 Å². The molecule has 33 heavy (non-hydrogen) atoms. The summed E-state index contributed by atoms with van der Waals surface area (Å²) in [6.07, 6.45) is -0.675. The molecule has 1 heterocycles. The van der Waals surface area contributed by atoms with E-state index >= 15 is 0 Å². The van der Waals surface area contributed by atoms with Gasteiger partial charge >= 0.3 is 12.1 Å². The maximum atomic E-state index is 12.5. The number of carboxylic acid groups (broad SMARTS) is 1. The molecule has 0 spiro atoms. The summed E-state index contributed by atoms with van der Waals surface area (Å²) in [5, 5.41) is 15.8. The number of aromatic nitrogens is 2. The largest absolute Gasteiger partial charge is 0.480 e. The fraction of sp³-hybridized carbons (Fsp3) is 0.250. The summed E-state index contributed by atoms with van der Waals surface area (Å²) in [4.78, 5) is 37.2. The number of anilines is 1. The van der Waals surface area contributed by atoms with Crippen LogP contribution in [0.5, 0.6) is 0 Å². The Bertz CT molecular complexity index is 1190. The zero-order chi connectivity index (χ0) is 23.7. The molecule has 0 radical (unpaired) electrons. The number of carboxylic acids is 1. The Hall–Kier alpha value is -4.14. The van der Waals surface area contributed by atoms with Crippen LogP contribution in [0.3, 0.4) is 0 Å². The number of aryl methyl sites for hydroxylation is 1. The second-order valence-electron chi connectivity index (χ2n) is 7.92. The SMILES string of the molecule is CC(C(=O)O)N(C)C(=O)c1cc(NC(=O)OCC2c3ccccc3-c3ccccc32)n(C)n1. The van der Waals surface area contributed by atoms with Gasteiger partial charge in [-0.1, -0.05) is 48.5 Å². The average molecular weight is 448 g/mol. The number of nitrogens with zero attached hydrogens (tertiary/aromatic N) is 3. The van der Waals surface area contributed by atoms with Crippen LogP contribution in [-0.4, -0.2) is 57.5 Å². The zero-order valence-electron chi connectivity index (χ0n) is 18.5. The number of hydrogen-bond donors (Lipinski definition) is 2. The molecule has 0 bridgehead atoms. The fourth-order valence-electron chi connectivity index (χ4n) is 3.95. The summed E-state index contributed by atoms with van der Waals surface area (Å²) in [5.41, 5.74) is 4.50. The third-order valence-electron chi connectivity index (χ3n) is 5.93. The van der Waals surface area contributed by atoms with E-state index in [0.29, 0.717) is 0 Å². The summed E-state index contributed by atoms with van der Waals surface area (Å²) in [6, 6.07) is 16.5. The molecule has 1 aromatic heterocycles. The summed E-state index contributed by atoms with van der Waals surface area (Å²) in [7, 11) is 2.95. The number of carbonyl (C=O) groups is 3. The van der Waals surface area contributed by atoms with E-state index in [4.69, 9.17) is 9.84 Å². The first-order valence-electron chi connectivity index (χ1n) is 10.4. The maximum Gasteiger partial charge on any atom is 0.412 e. The predicted molar refractivity (Wildman–Crippen MR) is 121 cm³/mol. The minimum atomic E-state index is -1.13. The van der Waals surface area contributed by atoms with Crippen molar-refractivity contribution in [3.05, 3.63) is 71.4 Å². The lowest BCUT2D eigenvalue weighted by atomic mass is 9.98. The van der Waals surface area contributed by atoms with Crippen LogP contribution in [0.2, 0.25) is 0 Å². The standard InChI is InChI=1S/C24H24N4O5/c1-14(23(30)31)27(2)22(29)20-12-21(28(3)26-20)25-24(32)33-13-19-17-10-6-4-8-15(17)16-9-5-7-11-18(16)19/h4-12,14,19H,13H2,1-3H3,(H,25,32)(H,30,31). The molecular weight excluding hydrogens is 424 g/mol. The average Bonchev–Trinajstić information content (AvgIpc) is 3.33. The molecule has 3 aromatic rings. The van der Waals surface area contributed by atoms with E-state index in [-0.39, 0.29) is 24.0 Å². The minimum absolute atomic E-state index is 0.0158. The predicted octanol–water partition coefficient (Wildman–Crippen LogP) is 3.33. The Morgan fingerprint density at radius 3 is 2.27 bits per heavy atom. The Kier molecular flexibility index (Phi) is 5.87. The normalized spacial score (nSPS) is 13.1. The number of ether oxygens (including phenoxy) is 1. The molecule has 2 aromatic carbocycles. The van der Waals surface area contributed by atoms with Gasteiger partial charge in [0.1, 0.15) is 18.5 Å². The number of hydrogen-bond acceptors (Lipinski definition) is 5. The summed E-state index contributed by atoms with van der Waals surface area (Å²) < 4.78 is 6.85. The maximum absolute atomic E-state index is 12.5. The lowest BCUT2D eigenvalue weighted by Crippen LogP contribution is -2.40. The van der Waals surface area contributed by atoms with Crippen molar-refractivity contribution in [2.45, 2.75) is 18.9 Å². The van der Waals surface area contributed by atoms with Gasteiger partial charge in [0.15, 0.2) is 5.69 Å². The highest BCUT2D eigenvalue weighted by atomic mass is 16.5. The Morgan fingerprint density at radius 2 is 1.70 bits per heavy atom. The number of carbonyl (C=O) groups excluding carboxylic acids is 2. The third-order valence-corrected chi connectivity index (χ3v) is 5.93. The molecule has 1 aliphatic carbocycles. The monoisotopic (exact) mass is 448 g/mol. The molecule has 9 heteroatoms. The van der Waals surface area contributed by atoms with Crippen molar-refractivity contribution in [3.8, 4) is 11.1 Å². The molecule has 2 N–H and O–H groups in total. The van der Waals surface area contributed by atoms with E-state index in [1.165, 1.54) is 24.7 Å². The van der Waals surface area contributed by atoms with Crippen LogP contribution in [0.15, 0.2) is 54.6 Å². The van der Waals surface area contributed by atoms with Crippen LogP contribution in [0.4, 0.5) is 10.6 Å². The molecule has 170 valence electrons. The Labute approximate surface area is 190 Å². The van der Waals surface area contributed by atoms with Crippen molar-refractivity contribution in [3.63, 3.8) is 0 Å². The van der Waals surface area contributed by atoms with E-state index in [1.807, 2.05) is 36.4 Å². The van der Waals surface area contributed by atoms with Crippen LogP contribution in [0, 0.1) is 0 Å². The van der Waals surface area contributed by atoms with Gasteiger partial charge in [-0.15, -0.1) is 0 Å². The first-order chi connectivity index (χ1) is 15.8. The van der Waals surface area contributed by atoms with Gasteiger partial charge in [0.2, 0.25) is 0 Å². The molecule has 4 rings (SSSR count). The van der Waals surface area contributed by atoms with Gasteiger partial charge in [0, 0.05) is 26.1 Å². The molecule has 0 saturated carbocycles. The van der Waals surface area contributed by atoms with Crippen molar-refractivity contribution in [1.82, 2.24) is 14.7 Å². The molecule has 1 atom stereocenters. The van der Waals surface area contributed by atoms with Gasteiger partial charge < -0.3 is 14.7 Å². The highest BCUT2D eigenvalue weighted by molar-refractivity contribution is 5.96. The van der Waals surface area contributed by atoms with Gasteiger partial charge in [-0.2, -0.15) is 5.10 Å². The smallest absolute Gasteiger partial charge is 0.412 e. The van der Waals surface area contributed by atoms with E-state index in [2.05, 4.69) is 22.5 Å². The van der Waals surface area contributed by atoms with Gasteiger partial charge in [-0.3, -0.25) is 14.8 Å². The molecule has 1 aliphatic rings. The number of amides is 2. The highest BCUT2D eigenvalue weighted by Crippen LogP contribution is 2.44. The topological polar surface area (TPSA) is 114 Å². The molecule has 1 unspecified atom stereocenters. The van der Waals surface area contributed by atoms with Crippen molar-refractivity contribution in [2.75, 3.05) is 19.0 Å². The van der Waals surface area contributed by atoms with Gasteiger partial charge in [-0.05, 0) is 29.2 Å². The van der Waals surface area contributed by atoms with E-state index in [0.717, 1.165) is 27.2 Å². The first kappa shape index (κ1) is 22.1. The van der Waals surface area contributed by atoms with Gasteiger partial charge in [0.25, 0.3) is 5.91 Å². The van der Waals surface area contributed by atoms with E-state index in [1.54, 1.807) is 7.05 Å². The number of aliphatic carboxylic acids is 1. The van der Waals surface area contributed by atoms with Gasteiger partial charge in [0.05, 0.1) is 0 Å². The summed E-state index contributed by atoms with van der Waals surface area (Å²) in [5.74, 6) is -1.51. The summed E-state index contributed by atoms with van der Waals surface area (Å²) >= 11 is 0. The molecule has 0 saturated heterocycles. The third kappa shape index (κ3) is 4.17. The second kappa shape index (κ2) is 8.78. The van der Waals surface area contributed by atoms with Crippen LogP contribution in [0.1, 0.15) is 34.5 Å². The molecule has 0 aliphatic heterocycles. The molecule has 2 amide bonds. The first-order valence-corrected chi connectivity index (χ1v) is 10.4. The second-order valence-corrected chi connectivity index (χ2v) is 7.92. The van der Waals surface area contributed by atoms with Crippen LogP contribution in [0.25, 0.3) is 11.1 Å². The Morgan fingerprint density at radius 1 is 1.12 bits per heavy atom. The number of nitrogens with one attached hydrogen (secondary N) is 1. The quantitative estimate of drug-likeness (QED) is 0.598. The van der Waals surface area contributed by atoms with Crippen molar-refractivity contribution in [1.29, 1.82) is 0 Å². The highest BCUT2D eigenvalue weighted by Gasteiger charge is 2.29. The number of likely N-dealkylation sites (N-methyl/N-ethyl adjacent to an activating group) is 1. The summed E-state index contributed by atoms with van der Waals surface area (Å²) in [6.45, 7) is 1.56. The number of benzene rings is 2. The Balaban J connectivity index is 1.43. The number of rotatable bonds is 6. The van der Waals surface area contributed by atoms with E-state index in [9.17, 15) is 14.4 Å². The lowest BCUT2D eigenvalue weighted by molar-refractivity contribution is -0.141. The molecular formula is C24H24N4O5. The molecule has 9 nitrogen and oxygen atoms in total. The van der Waals surface area contributed by atoms with Crippen LogP contribution in [-0.2, 0) is 16.6 Å². The minimum Gasteiger partial charge on any atom is -0.480 e.